The second-order valence-electron chi connectivity index (χ2n) is 36.4. The number of methoxy groups -OCH3 is 4. The fourth-order valence-corrected chi connectivity index (χ4v) is 19.1. The first kappa shape index (κ1) is 95.3. The number of ether oxygens (including phenoxy) is 10. The highest BCUT2D eigenvalue weighted by atomic mass is 16.6. The summed E-state index contributed by atoms with van der Waals surface area (Å²) in [4.78, 5) is 66.9. The fourth-order valence-electron chi connectivity index (χ4n) is 19.1. The van der Waals surface area contributed by atoms with Crippen molar-refractivity contribution in [2.45, 2.75) is 146 Å². The average molecular weight is 1860 g/mol. The monoisotopic (exact) mass is 1860 g/mol. The van der Waals surface area contributed by atoms with Crippen LogP contribution in [0.3, 0.4) is 0 Å². The summed E-state index contributed by atoms with van der Waals surface area (Å²) in [6, 6.07) is 47.0. The first-order chi connectivity index (χ1) is 66.7. The number of aromatic nitrogens is 8. The van der Waals surface area contributed by atoms with Gasteiger partial charge in [0.15, 0.2) is 0 Å². The Morgan fingerprint density at radius 3 is 1.12 bits per heavy atom. The minimum absolute atomic E-state index is 0.0306. The van der Waals surface area contributed by atoms with Gasteiger partial charge in [0.05, 0.1) is 119 Å². The molecule has 8 N–H and O–H groups in total. The molecule has 32 nitrogen and oxygen atoms in total. The van der Waals surface area contributed by atoms with Gasteiger partial charge in [0.25, 0.3) is 0 Å². The number of amides is 4. The minimum Gasteiger partial charge on any atom is -0.497 e. The topological polar surface area (TPSA) is 343 Å². The van der Waals surface area contributed by atoms with E-state index < -0.39 is 0 Å². The summed E-state index contributed by atoms with van der Waals surface area (Å²) < 4.78 is 57.9. The van der Waals surface area contributed by atoms with Crippen molar-refractivity contribution in [1.29, 1.82) is 0 Å². The molecule has 4 saturated heterocycles. The van der Waals surface area contributed by atoms with Gasteiger partial charge < -0.3 is 78.4 Å². The van der Waals surface area contributed by atoms with E-state index in [1.807, 2.05) is 167 Å². The Balaban J connectivity index is 0.000000127. The molecule has 4 fully saturated rings. The van der Waals surface area contributed by atoms with Crippen molar-refractivity contribution < 1.29 is 66.5 Å². The van der Waals surface area contributed by atoms with Crippen LogP contribution in [-0.2, 0) is 80.5 Å². The second-order valence-corrected chi connectivity index (χ2v) is 36.4. The van der Waals surface area contributed by atoms with Crippen LogP contribution in [-0.4, -0.2) is 265 Å². The van der Waals surface area contributed by atoms with Crippen molar-refractivity contribution >= 4 is 46.4 Å². The molecule has 8 aromatic carbocycles. The van der Waals surface area contributed by atoms with E-state index in [1.54, 1.807) is 53.2 Å². The molecule has 12 aromatic rings. The van der Waals surface area contributed by atoms with Crippen molar-refractivity contribution in [2.75, 3.05) is 144 Å². The van der Waals surface area contributed by atoms with Crippen molar-refractivity contribution in [1.82, 2.24) is 70.2 Å². The number of nitrogens with zero attached hydrogens (tertiary/aromatic N) is 10. The third-order valence-electron chi connectivity index (χ3n) is 27.3. The molecule has 137 heavy (non-hydrogen) atoms. The van der Waals surface area contributed by atoms with Crippen molar-refractivity contribution in [2.24, 2.45) is 0 Å². The Morgan fingerprint density at radius 1 is 0.387 bits per heavy atom. The molecular weight excluding hydrogens is 1740 g/mol. The summed E-state index contributed by atoms with van der Waals surface area (Å²) in [7, 11) is 16.8. The fraction of sp³-hybridized carbons (Fsp3) is 0.390. The van der Waals surface area contributed by atoms with Gasteiger partial charge in [-0.2, -0.15) is 20.4 Å². The predicted octanol–water partition coefficient (Wildman–Crippen LogP) is 14.0. The normalized spacial score (nSPS) is 20.3. The summed E-state index contributed by atoms with van der Waals surface area (Å²) in [6.45, 7) is 11.8. The number of nitrogens with one attached hydrogen (secondary N) is 8. The van der Waals surface area contributed by atoms with E-state index >= 15 is 0 Å². The lowest BCUT2D eigenvalue weighted by molar-refractivity contribution is -0.122. The third-order valence-corrected chi connectivity index (χ3v) is 27.3. The highest BCUT2D eigenvalue weighted by molar-refractivity contribution is 6.00. The quantitative estimate of drug-likeness (QED) is 0.0237. The number of anilines is 4. The van der Waals surface area contributed by atoms with Gasteiger partial charge >= 0.3 is 0 Å². The van der Waals surface area contributed by atoms with Crippen molar-refractivity contribution in [3.05, 3.63) is 240 Å². The number of carbonyl (C=O) groups excluding carboxylic acids is 4. The van der Waals surface area contributed by atoms with E-state index in [-0.39, 0.29) is 66.1 Å². The van der Waals surface area contributed by atoms with E-state index in [1.165, 1.54) is 28.7 Å². The Labute approximate surface area is 799 Å². The zero-order valence-electron chi connectivity index (χ0n) is 79.5. The van der Waals surface area contributed by atoms with Crippen LogP contribution in [0.25, 0.3) is 44.5 Å². The first-order valence-corrected chi connectivity index (χ1v) is 47.2. The number of fused-ring (bicyclic) bond motifs is 4. The van der Waals surface area contributed by atoms with E-state index in [0.29, 0.717) is 124 Å². The lowest BCUT2D eigenvalue weighted by Gasteiger charge is -2.35. The van der Waals surface area contributed by atoms with E-state index in [9.17, 15) is 19.2 Å². The average Bonchev–Trinajstić information content (AvgIpc) is 1.04. The van der Waals surface area contributed by atoms with Crippen LogP contribution >= 0.6 is 0 Å². The molecule has 8 aliphatic rings. The summed E-state index contributed by atoms with van der Waals surface area (Å²) in [6.07, 6.45) is 23.2. The molecular formula is C105H124N18O14. The van der Waals surface area contributed by atoms with Gasteiger partial charge in [0, 0.05) is 105 Å². The molecule has 0 bridgehead atoms. The first-order valence-electron chi connectivity index (χ1n) is 47.2. The minimum atomic E-state index is -0.291. The number of hydrogen-bond acceptors (Lipinski definition) is 24. The molecule has 0 spiro atoms. The molecule has 0 saturated carbocycles. The van der Waals surface area contributed by atoms with Crippen LogP contribution in [0.4, 0.5) is 22.7 Å². The maximum Gasteiger partial charge on any atom is 0.242 e. The van der Waals surface area contributed by atoms with Crippen LogP contribution in [0.5, 0.6) is 46.0 Å². The van der Waals surface area contributed by atoms with Crippen molar-refractivity contribution in [3.8, 4) is 90.5 Å². The van der Waals surface area contributed by atoms with Gasteiger partial charge in [-0.1, -0.05) is 55.5 Å². The number of carbonyl (C=O) groups is 4. The highest BCUT2D eigenvalue weighted by Crippen LogP contribution is 2.41. The van der Waals surface area contributed by atoms with Gasteiger partial charge in [-0.15, -0.1) is 0 Å². The Bertz CT molecular complexity index is 6090. The zero-order chi connectivity index (χ0) is 95.0. The number of likely N-dealkylation sites (N-methyl/N-ethyl adjacent to an activating group) is 6. The molecule has 4 aromatic heterocycles. The smallest absolute Gasteiger partial charge is 0.242 e. The Kier molecular flexibility index (Phi) is 31.0. The van der Waals surface area contributed by atoms with Crippen LogP contribution < -0.4 is 59.2 Å². The van der Waals surface area contributed by atoms with Crippen LogP contribution in [0.1, 0.15) is 90.0 Å². The SMILES string of the molecule is CCN1Cc2ccc(OC)cc2C[C@@H]1C(=O)Nc1ccc(-c2cn[nH]c2)cc1OCC1CCCO1.COc1ccc2c(c1)C[C@H](C(=O)Nc1ccc(-c3cn[nH]c3)cc1OC1CCN(C)C1)N(C)C2.COc1ccc2c(c1)C[C@H](C(=O)Nc1ccc(-c3cn[nH]c3)cc1OC1CCOC1)N(C)C2.COc1ccc2c(c1)C[C@H](C(=O)Nc1ccc(-c3cn[nH]c3)cc1OCC1CCCN1C)N(C)C2. The van der Waals surface area contributed by atoms with Gasteiger partial charge in [-0.05, 0) is 270 Å². The predicted molar refractivity (Wildman–Crippen MR) is 525 cm³/mol. The number of rotatable bonds is 27. The molecule has 12 heterocycles. The summed E-state index contributed by atoms with van der Waals surface area (Å²) in [5, 5.41) is 40.2. The molecule has 0 radical (unpaired) electrons. The zero-order valence-corrected chi connectivity index (χ0v) is 79.5. The number of benzene rings is 8. The molecule has 20 rings (SSSR count). The third kappa shape index (κ3) is 23.5. The largest absolute Gasteiger partial charge is 0.497 e. The summed E-state index contributed by atoms with van der Waals surface area (Å²) in [5.74, 6) is 5.70. The van der Waals surface area contributed by atoms with Crippen molar-refractivity contribution in [3.63, 3.8) is 0 Å². The molecule has 8 aliphatic heterocycles. The Morgan fingerprint density at radius 2 is 0.774 bits per heavy atom. The maximum atomic E-state index is 13.5. The van der Waals surface area contributed by atoms with Crippen LogP contribution in [0, 0.1) is 0 Å². The van der Waals surface area contributed by atoms with Crippen LogP contribution in [0.15, 0.2) is 195 Å². The number of likely N-dealkylation sites (tertiary alicyclic amines) is 2. The molecule has 0 aliphatic carbocycles. The molecule has 718 valence electrons. The summed E-state index contributed by atoms with van der Waals surface area (Å²) in [5.41, 5.74) is 20.0. The molecule has 8 atom stereocenters. The van der Waals surface area contributed by atoms with Gasteiger partial charge in [-0.3, -0.25) is 59.2 Å². The maximum absolute atomic E-state index is 13.5. The summed E-state index contributed by atoms with van der Waals surface area (Å²) >= 11 is 0. The molecule has 4 amide bonds. The lowest BCUT2D eigenvalue weighted by atomic mass is 9.93. The number of H-pyrrole nitrogens is 4. The number of hydrogen-bond donors (Lipinski definition) is 8. The van der Waals surface area contributed by atoms with Crippen LogP contribution in [0.2, 0.25) is 0 Å². The number of aromatic amines is 4. The van der Waals surface area contributed by atoms with Gasteiger partial charge in [0.2, 0.25) is 23.6 Å². The molecule has 32 heteroatoms. The van der Waals surface area contributed by atoms with Gasteiger partial charge in [-0.25, -0.2) is 0 Å². The Hall–Kier alpha value is -13.4. The van der Waals surface area contributed by atoms with E-state index in [0.717, 1.165) is 161 Å². The van der Waals surface area contributed by atoms with E-state index in [4.69, 9.17) is 47.4 Å². The second kappa shape index (κ2) is 44.6. The van der Waals surface area contributed by atoms with E-state index in [2.05, 4.69) is 137 Å². The molecule has 4 unspecified atom stereocenters. The van der Waals surface area contributed by atoms with Gasteiger partial charge in [0.1, 0.15) is 71.4 Å². The lowest BCUT2D eigenvalue weighted by Crippen LogP contribution is -2.47. The standard InChI is InChI=1S/C27H33N5O3.C27H32N4O4.C26H31N5O3.C25H28N4O4/c1-31-10-4-5-22(31)17-35-26-13-18(21-14-28-29-15-21)7-9-24(26)30-27(33)25-12-20-11-23(34-3)8-6-19(20)16-32(25)2;1-3-31-16-19-6-8-22(33-2)11-20(19)12-25(31)27(32)30-24-9-7-18(21-14-28-29-15-21)13-26(24)35-17-23-5-4-10-34-23;1-30-9-8-22(16-30)34-25-12-17(20-13-27-28-14-20)5-7-23(25)29-26(32)24-11-19-10-21(33-3)6-4-18(19)15-31(24)2;1-29-14-17-3-5-20(31-2)9-18(17)10-23(29)25(30)28-22-6-4-16(19-12-26-27-13-19)11-24(22)33-21-7-8-32-15-21/h6-9,11,13-15,22,25H,4-5,10,12,16-17H2,1-3H3,(H,28,29)(H,30,33);6-9,11,13-15,23,25H,3-5,10,12,16-17H2,1-2H3,(H,28,29)(H,30,32);4-7,10,12-14,22,24H,8-9,11,15-16H2,1-3H3,(H,27,28)(H,29,32);3-6,9,11-13,21,23H,7-8,10,14-15H2,1-2H3,(H,26,27)(H,28,30)/t22?,25-;23?,25-;22?,24-;21?,23-/m1111/s1. The highest BCUT2D eigenvalue weighted by Gasteiger charge is 2.37.